The van der Waals surface area contributed by atoms with Gasteiger partial charge >= 0.3 is 5.76 Å². The van der Waals surface area contributed by atoms with Crippen molar-refractivity contribution in [2.24, 2.45) is 0 Å². The number of nitrogens with one attached hydrogen (secondary N) is 1. The Kier molecular flexibility index (Phi) is 1.04. The van der Waals surface area contributed by atoms with Crippen LogP contribution in [0.3, 0.4) is 0 Å². The molecule has 0 aliphatic heterocycles. The minimum atomic E-state index is -0.445. The van der Waals surface area contributed by atoms with E-state index in [1.807, 2.05) is 0 Å². The molecule has 1 rings (SSSR count). The fourth-order valence-corrected chi connectivity index (χ4v) is 0.393. The lowest BCUT2D eigenvalue weighted by molar-refractivity contribution is 0.515. The summed E-state index contributed by atoms with van der Waals surface area (Å²) in [6, 6.07) is 0. The third-order valence-corrected chi connectivity index (χ3v) is 0.759. The van der Waals surface area contributed by atoms with Crippen molar-refractivity contribution >= 4 is 6.08 Å². The number of oxazole rings is 1. The van der Waals surface area contributed by atoms with Crippen molar-refractivity contribution in [3.63, 3.8) is 0 Å². The van der Waals surface area contributed by atoms with E-state index in [4.69, 9.17) is 0 Å². The lowest BCUT2D eigenvalue weighted by atomic mass is 10.5. The van der Waals surface area contributed by atoms with Crippen molar-refractivity contribution in [2.45, 2.75) is 0 Å². The van der Waals surface area contributed by atoms with Gasteiger partial charge in [0.15, 0.2) is 0 Å². The van der Waals surface area contributed by atoms with Crippen LogP contribution < -0.4 is 5.76 Å². The summed E-state index contributed by atoms with van der Waals surface area (Å²) < 4.78 is 4.37. The molecule has 0 bridgehead atoms. The zero-order valence-corrected chi connectivity index (χ0v) is 4.18. The Morgan fingerprint density at radius 1 is 1.88 bits per heavy atom. The van der Waals surface area contributed by atoms with Crippen LogP contribution in [-0.2, 0) is 0 Å². The van der Waals surface area contributed by atoms with E-state index in [9.17, 15) is 4.79 Å². The van der Waals surface area contributed by atoms with Gasteiger partial charge in [0.2, 0.25) is 0 Å². The number of aromatic amines is 1. The molecule has 8 heavy (non-hydrogen) atoms. The molecule has 0 amide bonds. The number of aromatic nitrogens is 1. The quantitative estimate of drug-likeness (QED) is 0.577. The summed E-state index contributed by atoms with van der Waals surface area (Å²) in [6.45, 7) is 3.41. The molecule has 3 heteroatoms. The molecule has 0 saturated carbocycles. The van der Waals surface area contributed by atoms with E-state index >= 15 is 0 Å². The third-order valence-electron chi connectivity index (χ3n) is 0.759. The van der Waals surface area contributed by atoms with E-state index in [1.54, 1.807) is 0 Å². The second-order valence-corrected chi connectivity index (χ2v) is 1.31. The van der Waals surface area contributed by atoms with Crippen LogP contribution in [0.25, 0.3) is 6.08 Å². The fraction of sp³-hybridized carbons (Fsp3) is 0. The molecular weight excluding hydrogens is 106 g/mol. The molecule has 3 nitrogen and oxygen atoms in total. The largest absolute Gasteiger partial charge is 0.416 e. The summed E-state index contributed by atoms with van der Waals surface area (Å²) in [4.78, 5) is 12.6. The Balaban J connectivity index is 3.18. The van der Waals surface area contributed by atoms with Gasteiger partial charge in [-0.2, -0.15) is 0 Å². The Morgan fingerprint density at radius 3 is 2.88 bits per heavy atom. The van der Waals surface area contributed by atoms with Crippen molar-refractivity contribution in [2.75, 3.05) is 0 Å². The maximum absolute atomic E-state index is 10.2. The van der Waals surface area contributed by atoms with Crippen LogP contribution in [0.2, 0.25) is 0 Å². The molecule has 1 aromatic rings. The minimum absolute atomic E-state index is 0.445. The first kappa shape index (κ1) is 4.90. The smallest absolute Gasteiger partial charge is 0.416 e. The molecule has 0 atom stereocenters. The van der Waals surface area contributed by atoms with Gasteiger partial charge in [-0.15, -0.1) is 0 Å². The van der Waals surface area contributed by atoms with Crippen molar-refractivity contribution in [3.8, 4) is 0 Å². The second-order valence-electron chi connectivity index (χ2n) is 1.31. The zero-order valence-electron chi connectivity index (χ0n) is 4.18. The van der Waals surface area contributed by atoms with Crippen LogP contribution >= 0.6 is 0 Å². The van der Waals surface area contributed by atoms with E-state index in [-0.39, 0.29) is 0 Å². The Bertz CT molecular complexity index is 233. The molecule has 0 fully saturated rings. The maximum atomic E-state index is 10.2. The first-order valence-corrected chi connectivity index (χ1v) is 2.13. The average Bonchev–Trinajstić information content (AvgIpc) is 2.14. The van der Waals surface area contributed by atoms with Crippen LogP contribution in [0.4, 0.5) is 0 Å². The Labute approximate surface area is 45.6 Å². The molecular formula is C5H5NO2. The summed E-state index contributed by atoms with van der Waals surface area (Å²) in [5, 5.41) is 0. The number of hydrogen-bond acceptors (Lipinski definition) is 2. The van der Waals surface area contributed by atoms with Crippen LogP contribution in [0, 0.1) is 0 Å². The van der Waals surface area contributed by atoms with Crippen molar-refractivity contribution < 1.29 is 4.42 Å². The summed E-state index contributed by atoms with van der Waals surface area (Å²) >= 11 is 0. The van der Waals surface area contributed by atoms with Gasteiger partial charge in [-0.1, -0.05) is 6.58 Å². The van der Waals surface area contributed by atoms with Gasteiger partial charge in [0.25, 0.3) is 0 Å². The van der Waals surface area contributed by atoms with Crippen molar-refractivity contribution in [3.05, 3.63) is 29.1 Å². The number of rotatable bonds is 1. The van der Waals surface area contributed by atoms with Crippen molar-refractivity contribution in [1.29, 1.82) is 0 Å². The maximum Gasteiger partial charge on any atom is 0.416 e. The van der Waals surface area contributed by atoms with E-state index in [0.29, 0.717) is 5.69 Å². The molecule has 0 aliphatic carbocycles. The van der Waals surface area contributed by atoms with Gasteiger partial charge in [0.1, 0.15) is 6.26 Å². The Hall–Kier alpha value is -1.25. The van der Waals surface area contributed by atoms with Gasteiger partial charge in [0, 0.05) is 0 Å². The molecule has 0 unspecified atom stereocenters. The second kappa shape index (κ2) is 1.69. The van der Waals surface area contributed by atoms with Crippen LogP contribution in [0.5, 0.6) is 0 Å². The number of H-pyrrole nitrogens is 1. The zero-order chi connectivity index (χ0) is 5.98. The van der Waals surface area contributed by atoms with E-state index in [0.717, 1.165) is 0 Å². The summed E-state index contributed by atoms with van der Waals surface area (Å²) in [5.74, 6) is -0.445. The molecule has 0 saturated heterocycles. The molecule has 1 heterocycles. The molecule has 0 radical (unpaired) electrons. The van der Waals surface area contributed by atoms with Gasteiger partial charge in [-0.05, 0) is 6.08 Å². The fourth-order valence-electron chi connectivity index (χ4n) is 0.393. The van der Waals surface area contributed by atoms with Crippen LogP contribution in [-0.4, -0.2) is 4.98 Å². The van der Waals surface area contributed by atoms with Gasteiger partial charge in [-0.3, -0.25) is 4.98 Å². The first-order chi connectivity index (χ1) is 3.83. The van der Waals surface area contributed by atoms with Gasteiger partial charge in [0.05, 0.1) is 5.69 Å². The molecule has 0 spiro atoms. The summed E-state index contributed by atoms with van der Waals surface area (Å²) in [7, 11) is 0. The topological polar surface area (TPSA) is 46.0 Å². The highest BCUT2D eigenvalue weighted by molar-refractivity contribution is 5.38. The standard InChI is InChI=1S/C5H5NO2/c1-2-4-3-8-5(7)6-4/h2-3H,1H2,(H,6,7). The van der Waals surface area contributed by atoms with Crippen LogP contribution in [0.15, 0.2) is 22.1 Å². The number of hydrogen-bond donors (Lipinski definition) is 1. The highest BCUT2D eigenvalue weighted by atomic mass is 16.4. The normalized spacial score (nSPS) is 9.00. The molecule has 1 aromatic heterocycles. The Morgan fingerprint density at radius 2 is 2.62 bits per heavy atom. The summed E-state index contributed by atoms with van der Waals surface area (Å²) in [6.07, 6.45) is 2.82. The lowest BCUT2D eigenvalue weighted by Crippen LogP contribution is -1.94. The van der Waals surface area contributed by atoms with Crippen LogP contribution in [0.1, 0.15) is 5.69 Å². The summed E-state index contributed by atoms with van der Waals surface area (Å²) in [5.41, 5.74) is 0.606. The highest BCUT2D eigenvalue weighted by Crippen LogP contribution is 1.88. The van der Waals surface area contributed by atoms with Crippen molar-refractivity contribution in [1.82, 2.24) is 4.98 Å². The van der Waals surface area contributed by atoms with Gasteiger partial charge in [-0.25, -0.2) is 4.79 Å². The predicted molar refractivity (Wildman–Crippen MR) is 29.4 cm³/mol. The highest BCUT2D eigenvalue weighted by Gasteiger charge is 1.87. The van der Waals surface area contributed by atoms with E-state index in [1.165, 1.54) is 12.3 Å². The first-order valence-electron chi connectivity index (χ1n) is 2.13. The van der Waals surface area contributed by atoms with E-state index in [2.05, 4.69) is 16.0 Å². The third kappa shape index (κ3) is 0.703. The average molecular weight is 111 g/mol. The predicted octanol–water partition coefficient (Wildman–Crippen LogP) is 0.611. The van der Waals surface area contributed by atoms with Gasteiger partial charge < -0.3 is 4.42 Å². The monoisotopic (exact) mass is 111 g/mol. The molecule has 1 N–H and O–H groups in total. The molecule has 0 aliphatic rings. The minimum Gasteiger partial charge on any atom is -0.416 e. The molecule has 0 aromatic carbocycles. The lowest BCUT2D eigenvalue weighted by Gasteiger charge is -1.69. The SMILES string of the molecule is C=Cc1coc(=O)[nH]1. The van der Waals surface area contributed by atoms with E-state index < -0.39 is 5.76 Å². The molecule has 42 valence electrons.